The number of hydrogen-bond donors (Lipinski definition) is 3. The van der Waals surface area contributed by atoms with Gasteiger partial charge >= 0.3 is 6.03 Å². The van der Waals surface area contributed by atoms with Gasteiger partial charge < -0.3 is 21.3 Å². The third-order valence-corrected chi connectivity index (χ3v) is 4.19. The molecule has 25 heavy (non-hydrogen) atoms. The van der Waals surface area contributed by atoms with E-state index in [1.807, 2.05) is 24.3 Å². The first kappa shape index (κ1) is 18.8. The molecule has 1 aliphatic rings. The number of hydrogen-bond acceptors (Lipinski definition) is 3. The lowest BCUT2D eigenvalue weighted by Crippen LogP contribution is -2.30. The average molecular weight is 346 g/mol. The van der Waals surface area contributed by atoms with Crippen LogP contribution < -0.4 is 21.3 Å². The van der Waals surface area contributed by atoms with E-state index in [-0.39, 0.29) is 11.8 Å². The van der Waals surface area contributed by atoms with Crippen molar-refractivity contribution in [2.75, 3.05) is 18.0 Å². The van der Waals surface area contributed by atoms with Crippen LogP contribution in [0.5, 0.6) is 0 Å². The number of carbonyl (C=O) groups is 3. The van der Waals surface area contributed by atoms with E-state index >= 15 is 0 Å². The fourth-order valence-corrected chi connectivity index (χ4v) is 2.80. The number of nitrogens with two attached hydrogens (primary N) is 1. The molecule has 0 unspecified atom stereocenters. The zero-order valence-electron chi connectivity index (χ0n) is 14.4. The molecule has 0 bridgehead atoms. The second-order valence-electron chi connectivity index (χ2n) is 6.19. The van der Waals surface area contributed by atoms with Crippen LogP contribution in [0.4, 0.5) is 10.5 Å². The maximum absolute atomic E-state index is 11.8. The van der Waals surface area contributed by atoms with Crippen molar-refractivity contribution in [3.8, 4) is 0 Å². The number of nitrogens with zero attached hydrogens (tertiary/aromatic N) is 1. The van der Waals surface area contributed by atoms with Crippen molar-refractivity contribution in [1.29, 1.82) is 0 Å². The third kappa shape index (κ3) is 6.45. The van der Waals surface area contributed by atoms with Gasteiger partial charge in [-0.15, -0.1) is 0 Å². The molecule has 7 nitrogen and oxygen atoms in total. The smallest absolute Gasteiger partial charge is 0.312 e. The van der Waals surface area contributed by atoms with E-state index < -0.39 is 6.03 Å². The summed E-state index contributed by atoms with van der Waals surface area (Å²) >= 11 is 0. The molecular formula is C18H26N4O3. The molecule has 0 radical (unpaired) electrons. The molecule has 1 aromatic carbocycles. The van der Waals surface area contributed by atoms with E-state index in [0.29, 0.717) is 25.9 Å². The predicted octanol–water partition coefficient (Wildman–Crippen LogP) is 1.66. The lowest BCUT2D eigenvalue weighted by molar-refractivity contribution is -0.121. The summed E-state index contributed by atoms with van der Waals surface area (Å²) in [6, 6.07) is 7.22. The highest BCUT2D eigenvalue weighted by atomic mass is 16.2. The highest BCUT2D eigenvalue weighted by Crippen LogP contribution is 2.21. The summed E-state index contributed by atoms with van der Waals surface area (Å²) in [4.78, 5) is 35.8. The van der Waals surface area contributed by atoms with Crippen LogP contribution in [0, 0.1) is 0 Å². The van der Waals surface area contributed by atoms with E-state index in [1.54, 1.807) is 4.90 Å². The first-order valence-electron chi connectivity index (χ1n) is 8.75. The van der Waals surface area contributed by atoms with Gasteiger partial charge in [0.2, 0.25) is 11.8 Å². The molecule has 0 atom stereocenters. The van der Waals surface area contributed by atoms with Crippen molar-refractivity contribution in [3.63, 3.8) is 0 Å². The average Bonchev–Trinajstić information content (AvgIpc) is 3.02. The van der Waals surface area contributed by atoms with Crippen LogP contribution in [-0.2, 0) is 16.1 Å². The fraction of sp³-hybridized carbons (Fsp3) is 0.500. The SMILES string of the molecule is NC(=O)NCCCCCC(=O)NCc1ccc(N2CCCC2=O)cc1. The monoisotopic (exact) mass is 346 g/mol. The van der Waals surface area contributed by atoms with Crippen LogP contribution >= 0.6 is 0 Å². The first-order chi connectivity index (χ1) is 12.1. The van der Waals surface area contributed by atoms with Gasteiger partial charge in [-0.3, -0.25) is 9.59 Å². The molecule has 4 amide bonds. The number of unbranched alkanes of at least 4 members (excludes halogenated alkanes) is 2. The lowest BCUT2D eigenvalue weighted by atomic mass is 10.1. The minimum Gasteiger partial charge on any atom is -0.352 e. The van der Waals surface area contributed by atoms with Gasteiger partial charge in [-0.2, -0.15) is 0 Å². The van der Waals surface area contributed by atoms with Crippen LogP contribution in [0.3, 0.4) is 0 Å². The molecule has 2 rings (SSSR count). The normalized spacial score (nSPS) is 13.8. The van der Waals surface area contributed by atoms with Gasteiger partial charge in [0.25, 0.3) is 0 Å². The van der Waals surface area contributed by atoms with E-state index in [9.17, 15) is 14.4 Å². The zero-order chi connectivity index (χ0) is 18.1. The van der Waals surface area contributed by atoms with Gasteiger partial charge in [-0.25, -0.2) is 4.79 Å². The Hall–Kier alpha value is -2.57. The molecule has 4 N–H and O–H groups in total. The number of benzene rings is 1. The molecule has 1 aliphatic heterocycles. The fourth-order valence-electron chi connectivity index (χ4n) is 2.80. The minimum atomic E-state index is -0.516. The minimum absolute atomic E-state index is 0.0154. The summed E-state index contributed by atoms with van der Waals surface area (Å²) < 4.78 is 0. The van der Waals surface area contributed by atoms with Crippen LogP contribution in [-0.4, -0.2) is 30.9 Å². The topological polar surface area (TPSA) is 105 Å². The van der Waals surface area contributed by atoms with Gasteiger partial charge in [0.15, 0.2) is 0 Å². The summed E-state index contributed by atoms with van der Waals surface area (Å²) in [5.74, 6) is 0.189. The van der Waals surface area contributed by atoms with Gasteiger partial charge in [0, 0.05) is 38.2 Å². The highest BCUT2D eigenvalue weighted by molar-refractivity contribution is 5.95. The zero-order valence-corrected chi connectivity index (χ0v) is 14.4. The summed E-state index contributed by atoms with van der Waals surface area (Å²) in [6.45, 7) is 1.81. The van der Waals surface area contributed by atoms with E-state index in [2.05, 4.69) is 10.6 Å². The molecule has 1 saturated heterocycles. The van der Waals surface area contributed by atoms with Crippen molar-refractivity contribution in [2.24, 2.45) is 5.73 Å². The highest BCUT2D eigenvalue weighted by Gasteiger charge is 2.21. The third-order valence-electron chi connectivity index (χ3n) is 4.19. The summed E-state index contributed by atoms with van der Waals surface area (Å²) in [6.07, 6.45) is 4.46. The molecule has 0 saturated carbocycles. The van der Waals surface area contributed by atoms with Crippen LogP contribution in [0.1, 0.15) is 44.1 Å². The Morgan fingerprint density at radius 1 is 1.08 bits per heavy atom. The van der Waals surface area contributed by atoms with Crippen LogP contribution in [0.2, 0.25) is 0 Å². The molecule has 0 spiro atoms. The Morgan fingerprint density at radius 2 is 1.84 bits per heavy atom. The number of anilines is 1. The van der Waals surface area contributed by atoms with Crippen LogP contribution in [0.25, 0.3) is 0 Å². The molecule has 0 aliphatic carbocycles. The number of rotatable bonds is 9. The van der Waals surface area contributed by atoms with Gasteiger partial charge in [0.1, 0.15) is 0 Å². The number of nitrogens with one attached hydrogen (secondary N) is 2. The Kier molecular flexibility index (Phi) is 7.25. The van der Waals surface area contributed by atoms with E-state index in [1.165, 1.54) is 0 Å². The van der Waals surface area contributed by atoms with E-state index in [4.69, 9.17) is 5.73 Å². The number of carbonyl (C=O) groups excluding carboxylic acids is 3. The van der Waals surface area contributed by atoms with Gasteiger partial charge in [-0.1, -0.05) is 18.6 Å². The number of urea groups is 1. The predicted molar refractivity (Wildman–Crippen MR) is 95.9 cm³/mol. The summed E-state index contributed by atoms with van der Waals surface area (Å²) in [5, 5.41) is 5.42. The molecule has 1 heterocycles. The van der Waals surface area contributed by atoms with Gasteiger partial charge in [0.05, 0.1) is 0 Å². The van der Waals surface area contributed by atoms with Crippen molar-refractivity contribution >= 4 is 23.5 Å². The molecule has 136 valence electrons. The summed E-state index contributed by atoms with van der Waals surface area (Å²) in [7, 11) is 0. The van der Waals surface area contributed by atoms with Crippen LogP contribution in [0.15, 0.2) is 24.3 Å². The Morgan fingerprint density at radius 3 is 2.48 bits per heavy atom. The molecular weight excluding hydrogens is 320 g/mol. The van der Waals surface area contributed by atoms with Crippen molar-refractivity contribution in [2.45, 2.75) is 45.1 Å². The standard InChI is InChI=1S/C18H26N4O3/c19-18(25)20-11-3-1-2-5-16(23)21-13-14-7-9-15(10-8-14)22-12-4-6-17(22)24/h7-10H,1-6,11-13H2,(H,21,23)(H3,19,20,25). The molecule has 7 heteroatoms. The largest absolute Gasteiger partial charge is 0.352 e. The first-order valence-corrected chi connectivity index (χ1v) is 8.75. The second kappa shape index (κ2) is 9.66. The molecule has 1 fully saturated rings. The van der Waals surface area contributed by atoms with Crippen molar-refractivity contribution < 1.29 is 14.4 Å². The summed E-state index contributed by atoms with van der Waals surface area (Å²) in [5.41, 5.74) is 6.90. The maximum Gasteiger partial charge on any atom is 0.312 e. The van der Waals surface area contributed by atoms with Crippen molar-refractivity contribution in [1.82, 2.24) is 10.6 Å². The Labute approximate surface area is 147 Å². The number of amides is 4. The molecule has 0 aromatic heterocycles. The Bertz CT molecular complexity index is 601. The maximum atomic E-state index is 11.8. The van der Waals surface area contributed by atoms with Gasteiger partial charge in [-0.05, 0) is 37.0 Å². The molecule has 1 aromatic rings. The lowest BCUT2D eigenvalue weighted by Gasteiger charge is -2.16. The van der Waals surface area contributed by atoms with Crippen molar-refractivity contribution in [3.05, 3.63) is 29.8 Å². The second-order valence-corrected chi connectivity index (χ2v) is 6.19. The quantitative estimate of drug-likeness (QED) is 0.592. The Balaban J connectivity index is 1.63. The number of primary amides is 1. The van der Waals surface area contributed by atoms with E-state index in [0.717, 1.165) is 43.5 Å².